The molecule has 1 unspecified atom stereocenters. The summed E-state index contributed by atoms with van der Waals surface area (Å²) in [7, 11) is 0. The average Bonchev–Trinajstić information content (AvgIpc) is 2.27. The predicted octanol–water partition coefficient (Wildman–Crippen LogP) is 2.58. The molecule has 0 bridgehead atoms. The first-order chi connectivity index (χ1) is 8.81. The molecule has 0 aliphatic heterocycles. The average molecular weight is 275 g/mol. The topological polar surface area (TPSA) is 54.0 Å². The number of halogens is 3. The molecule has 0 spiro atoms. The van der Waals surface area contributed by atoms with Gasteiger partial charge >= 0.3 is 6.18 Å². The first-order valence-electron chi connectivity index (χ1n) is 5.90. The van der Waals surface area contributed by atoms with Gasteiger partial charge in [-0.25, -0.2) is 4.98 Å². The van der Waals surface area contributed by atoms with Gasteiger partial charge in [0.15, 0.2) is 0 Å². The Labute approximate surface area is 109 Å². The van der Waals surface area contributed by atoms with Crippen LogP contribution in [0.5, 0.6) is 0 Å². The molecule has 106 valence electrons. The van der Waals surface area contributed by atoms with Gasteiger partial charge in [-0.15, -0.1) is 0 Å². The number of carbonyl (C=O) groups is 1. The van der Waals surface area contributed by atoms with Gasteiger partial charge in [0.2, 0.25) is 0 Å². The van der Waals surface area contributed by atoms with Crippen molar-refractivity contribution in [2.75, 3.05) is 11.9 Å². The molecule has 0 aromatic carbocycles. The summed E-state index contributed by atoms with van der Waals surface area (Å²) >= 11 is 0. The number of rotatable bonds is 5. The van der Waals surface area contributed by atoms with E-state index in [9.17, 15) is 18.0 Å². The Bertz CT molecular complexity index is 434. The largest absolute Gasteiger partial charge is 0.391 e. The highest BCUT2D eigenvalue weighted by Gasteiger charge is 2.30. The highest BCUT2D eigenvalue weighted by molar-refractivity contribution is 5.92. The molecule has 19 heavy (non-hydrogen) atoms. The fourth-order valence-corrected chi connectivity index (χ4v) is 1.54. The molecule has 0 aliphatic carbocycles. The summed E-state index contributed by atoms with van der Waals surface area (Å²) in [6, 6.07) is 3.77. The molecule has 0 fully saturated rings. The molecule has 1 aromatic heterocycles. The molecule has 4 nitrogen and oxygen atoms in total. The van der Waals surface area contributed by atoms with Crippen LogP contribution in [0.4, 0.5) is 19.0 Å². The standard InChI is InChI=1S/C12H16F3N3O/c1-3-16-10-6-4-5-9(18-10)11(19)17-8(2)7-12(13,14)15/h4-6,8H,3,7H2,1-2H3,(H,16,18)(H,17,19). The maximum Gasteiger partial charge on any atom is 0.391 e. The number of hydrogen-bond acceptors (Lipinski definition) is 3. The van der Waals surface area contributed by atoms with Gasteiger partial charge in [0, 0.05) is 12.6 Å². The lowest BCUT2D eigenvalue weighted by Crippen LogP contribution is -2.36. The van der Waals surface area contributed by atoms with Crippen LogP contribution < -0.4 is 10.6 Å². The minimum atomic E-state index is -4.30. The fourth-order valence-electron chi connectivity index (χ4n) is 1.54. The quantitative estimate of drug-likeness (QED) is 0.868. The Morgan fingerprint density at radius 1 is 1.42 bits per heavy atom. The molecule has 7 heteroatoms. The van der Waals surface area contributed by atoms with Gasteiger partial charge in [-0.05, 0) is 26.0 Å². The van der Waals surface area contributed by atoms with Crippen molar-refractivity contribution in [3.63, 3.8) is 0 Å². The molecule has 0 saturated carbocycles. The second kappa shape index (κ2) is 6.40. The smallest absolute Gasteiger partial charge is 0.370 e. The van der Waals surface area contributed by atoms with Crippen LogP contribution in [0.15, 0.2) is 18.2 Å². The lowest BCUT2D eigenvalue weighted by atomic mass is 10.2. The van der Waals surface area contributed by atoms with Crippen molar-refractivity contribution in [1.82, 2.24) is 10.3 Å². The lowest BCUT2D eigenvalue weighted by molar-refractivity contribution is -0.138. The van der Waals surface area contributed by atoms with Gasteiger partial charge < -0.3 is 10.6 Å². The number of hydrogen-bond donors (Lipinski definition) is 2. The van der Waals surface area contributed by atoms with Crippen molar-refractivity contribution in [3.05, 3.63) is 23.9 Å². The van der Waals surface area contributed by atoms with E-state index in [1.165, 1.54) is 13.0 Å². The Balaban J connectivity index is 2.65. The molecule has 0 radical (unpaired) electrons. The van der Waals surface area contributed by atoms with Crippen molar-refractivity contribution in [3.8, 4) is 0 Å². The monoisotopic (exact) mass is 275 g/mol. The number of carbonyl (C=O) groups excluding carboxylic acids is 1. The third-order valence-electron chi connectivity index (χ3n) is 2.25. The number of nitrogens with one attached hydrogen (secondary N) is 2. The molecule has 1 amide bonds. The third-order valence-corrected chi connectivity index (χ3v) is 2.25. The molecule has 1 heterocycles. The van der Waals surface area contributed by atoms with Gasteiger partial charge in [-0.1, -0.05) is 6.07 Å². The molecular weight excluding hydrogens is 259 g/mol. The maximum absolute atomic E-state index is 12.1. The Kier molecular flexibility index (Phi) is 5.14. The summed E-state index contributed by atoms with van der Waals surface area (Å²) in [4.78, 5) is 15.7. The molecule has 2 N–H and O–H groups in total. The van der Waals surface area contributed by atoms with E-state index in [4.69, 9.17) is 0 Å². The van der Waals surface area contributed by atoms with E-state index in [2.05, 4.69) is 15.6 Å². The Morgan fingerprint density at radius 3 is 2.68 bits per heavy atom. The molecule has 0 saturated heterocycles. The molecule has 1 aromatic rings. The number of aromatic nitrogens is 1. The zero-order chi connectivity index (χ0) is 14.5. The van der Waals surface area contributed by atoms with Gasteiger partial charge in [0.1, 0.15) is 11.5 Å². The van der Waals surface area contributed by atoms with Gasteiger partial charge in [-0.2, -0.15) is 13.2 Å². The zero-order valence-electron chi connectivity index (χ0n) is 10.7. The van der Waals surface area contributed by atoms with Crippen molar-refractivity contribution >= 4 is 11.7 Å². The van der Waals surface area contributed by atoms with Crippen LogP contribution in [0.1, 0.15) is 30.8 Å². The molecule has 1 atom stereocenters. The van der Waals surface area contributed by atoms with Crippen molar-refractivity contribution in [2.45, 2.75) is 32.5 Å². The van der Waals surface area contributed by atoms with Gasteiger partial charge in [0.25, 0.3) is 5.91 Å². The summed E-state index contributed by atoms with van der Waals surface area (Å²) in [5, 5.41) is 5.20. The normalized spacial score (nSPS) is 12.9. The van der Waals surface area contributed by atoms with E-state index < -0.39 is 24.5 Å². The third kappa shape index (κ3) is 5.58. The second-order valence-corrected chi connectivity index (χ2v) is 4.13. The first-order valence-corrected chi connectivity index (χ1v) is 5.90. The minimum Gasteiger partial charge on any atom is -0.370 e. The lowest BCUT2D eigenvalue weighted by Gasteiger charge is -2.15. The van der Waals surface area contributed by atoms with E-state index in [1.807, 2.05) is 6.92 Å². The second-order valence-electron chi connectivity index (χ2n) is 4.13. The van der Waals surface area contributed by atoms with E-state index in [1.54, 1.807) is 12.1 Å². The summed E-state index contributed by atoms with van der Waals surface area (Å²) in [5.74, 6) is -0.102. The van der Waals surface area contributed by atoms with Crippen LogP contribution in [-0.2, 0) is 0 Å². The fraction of sp³-hybridized carbons (Fsp3) is 0.500. The van der Waals surface area contributed by atoms with E-state index in [0.29, 0.717) is 12.4 Å². The SMILES string of the molecule is CCNc1cccc(C(=O)NC(C)CC(F)(F)F)n1. The molecule has 1 rings (SSSR count). The highest BCUT2D eigenvalue weighted by Crippen LogP contribution is 2.21. The Morgan fingerprint density at radius 2 is 2.11 bits per heavy atom. The van der Waals surface area contributed by atoms with Crippen LogP contribution in [-0.4, -0.2) is 29.7 Å². The number of anilines is 1. The zero-order valence-corrected chi connectivity index (χ0v) is 10.7. The van der Waals surface area contributed by atoms with Gasteiger partial charge in [-0.3, -0.25) is 4.79 Å². The summed E-state index contributed by atoms with van der Waals surface area (Å²) in [5.41, 5.74) is 0.0903. The Hall–Kier alpha value is -1.79. The number of amides is 1. The summed E-state index contributed by atoms with van der Waals surface area (Å²) in [6.07, 6.45) is -5.36. The minimum absolute atomic E-state index is 0.0903. The summed E-state index contributed by atoms with van der Waals surface area (Å²) < 4.78 is 36.4. The van der Waals surface area contributed by atoms with Crippen LogP contribution in [0.2, 0.25) is 0 Å². The van der Waals surface area contributed by atoms with Crippen molar-refractivity contribution in [1.29, 1.82) is 0 Å². The van der Waals surface area contributed by atoms with Crippen LogP contribution >= 0.6 is 0 Å². The highest BCUT2D eigenvalue weighted by atomic mass is 19.4. The molecule has 0 aliphatic rings. The van der Waals surface area contributed by atoms with Crippen LogP contribution in [0.25, 0.3) is 0 Å². The number of pyridine rings is 1. The van der Waals surface area contributed by atoms with Crippen molar-refractivity contribution < 1.29 is 18.0 Å². The van der Waals surface area contributed by atoms with E-state index in [0.717, 1.165) is 0 Å². The van der Waals surface area contributed by atoms with Gasteiger partial charge in [0.05, 0.1) is 6.42 Å². The summed E-state index contributed by atoms with van der Waals surface area (Å²) in [6.45, 7) is 3.82. The predicted molar refractivity (Wildman–Crippen MR) is 66.0 cm³/mol. The van der Waals surface area contributed by atoms with Crippen LogP contribution in [0, 0.1) is 0 Å². The van der Waals surface area contributed by atoms with Crippen molar-refractivity contribution in [2.24, 2.45) is 0 Å². The van der Waals surface area contributed by atoms with E-state index in [-0.39, 0.29) is 5.69 Å². The number of alkyl halides is 3. The maximum atomic E-state index is 12.1. The van der Waals surface area contributed by atoms with E-state index >= 15 is 0 Å². The number of nitrogens with zero attached hydrogens (tertiary/aromatic N) is 1. The molecular formula is C12H16F3N3O. The first kappa shape index (κ1) is 15.3. The van der Waals surface area contributed by atoms with Crippen LogP contribution in [0.3, 0.4) is 0 Å².